The molecule has 0 spiro atoms. The molecule has 0 bridgehead atoms. The second kappa shape index (κ2) is 3.01. The fraction of sp³-hybridized carbons (Fsp3) is 0.444. The SMILES string of the molecule is Cc1c(C(C)C(=O)O)ccn1C. The molecule has 66 valence electrons. The molecule has 0 aliphatic heterocycles. The lowest BCUT2D eigenvalue weighted by Crippen LogP contribution is -2.08. The summed E-state index contributed by atoms with van der Waals surface area (Å²) in [6.45, 7) is 3.62. The largest absolute Gasteiger partial charge is 0.481 e. The first-order valence-electron chi connectivity index (χ1n) is 3.88. The molecule has 0 aliphatic carbocycles. The van der Waals surface area contributed by atoms with Crippen LogP contribution in [-0.4, -0.2) is 15.6 Å². The van der Waals surface area contributed by atoms with Gasteiger partial charge in [0.25, 0.3) is 0 Å². The predicted molar refractivity (Wildman–Crippen MR) is 46.2 cm³/mol. The summed E-state index contributed by atoms with van der Waals surface area (Å²) in [5.74, 6) is -1.18. The molecule has 0 radical (unpaired) electrons. The minimum absolute atomic E-state index is 0.411. The third-order valence-corrected chi connectivity index (χ3v) is 2.26. The lowest BCUT2D eigenvalue weighted by Gasteiger charge is -2.05. The molecule has 1 rings (SSSR count). The van der Waals surface area contributed by atoms with Crippen molar-refractivity contribution in [2.45, 2.75) is 19.8 Å². The smallest absolute Gasteiger partial charge is 0.310 e. The van der Waals surface area contributed by atoms with Crippen LogP contribution in [0.25, 0.3) is 0 Å². The van der Waals surface area contributed by atoms with E-state index in [1.54, 1.807) is 6.92 Å². The fourth-order valence-electron chi connectivity index (χ4n) is 1.22. The monoisotopic (exact) mass is 167 g/mol. The zero-order valence-electron chi connectivity index (χ0n) is 7.53. The van der Waals surface area contributed by atoms with Gasteiger partial charge in [-0.15, -0.1) is 0 Å². The lowest BCUT2D eigenvalue weighted by atomic mass is 10.0. The molecule has 1 aromatic rings. The summed E-state index contributed by atoms with van der Waals surface area (Å²) in [6.07, 6.45) is 1.88. The second-order valence-corrected chi connectivity index (χ2v) is 3.03. The van der Waals surface area contributed by atoms with E-state index in [1.807, 2.05) is 30.8 Å². The van der Waals surface area contributed by atoms with Crippen LogP contribution in [0.4, 0.5) is 0 Å². The van der Waals surface area contributed by atoms with Crippen LogP contribution in [0.3, 0.4) is 0 Å². The van der Waals surface area contributed by atoms with Crippen LogP contribution < -0.4 is 0 Å². The van der Waals surface area contributed by atoms with E-state index in [0.29, 0.717) is 0 Å². The summed E-state index contributed by atoms with van der Waals surface area (Å²) < 4.78 is 1.93. The van der Waals surface area contributed by atoms with Crippen molar-refractivity contribution in [3.8, 4) is 0 Å². The topological polar surface area (TPSA) is 42.2 Å². The van der Waals surface area contributed by atoms with Crippen LogP contribution >= 0.6 is 0 Å². The summed E-state index contributed by atoms with van der Waals surface area (Å²) >= 11 is 0. The molecular weight excluding hydrogens is 154 g/mol. The van der Waals surface area contributed by atoms with Crippen LogP contribution in [0.15, 0.2) is 12.3 Å². The van der Waals surface area contributed by atoms with E-state index < -0.39 is 11.9 Å². The van der Waals surface area contributed by atoms with Crippen molar-refractivity contribution in [2.24, 2.45) is 7.05 Å². The summed E-state index contributed by atoms with van der Waals surface area (Å²) in [5, 5.41) is 8.76. The van der Waals surface area contributed by atoms with Crippen molar-refractivity contribution in [1.29, 1.82) is 0 Å². The van der Waals surface area contributed by atoms with Crippen molar-refractivity contribution < 1.29 is 9.90 Å². The number of carboxylic acids is 1. The number of carbonyl (C=O) groups is 1. The van der Waals surface area contributed by atoms with Gasteiger partial charge in [0.15, 0.2) is 0 Å². The van der Waals surface area contributed by atoms with Crippen molar-refractivity contribution >= 4 is 5.97 Å². The number of aromatic nitrogens is 1. The van der Waals surface area contributed by atoms with Gasteiger partial charge in [0.2, 0.25) is 0 Å². The zero-order valence-corrected chi connectivity index (χ0v) is 7.53. The Morgan fingerprint density at radius 3 is 2.58 bits per heavy atom. The van der Waals surface area contributed by atoms with Crippen LogP contribution in [0, 0.1) is 6.92 Å². The number of aryl methyl sites for hydroxylation is 1. The van der Waals surface area contributed by atoms with Gasteiger partial charge in [0.1, 0.15) is 0 Å². The van der Waals surface area contributed by atoms with Crippen LogP contribution in [0.1, 0.15) is 24.1 Å². The van der Waals surface area contributed by atoms with Crippen molar-refractivity contribution in [2.75, 3.05) is 0 Å². The Hall–Kier alpha value is -1.25. The molecule has 3 heteroatoms. The Labute approximate surface area is 71.6 Å². The molecule has 3 nitrogen and oxygen atoms in total. The summed E-state index contributed by atoms with van der Waals surface area (Å²) in [7, 11) is 1.91. The van der Waals surface area contributed by atoms with E-state index in [1.165, 1.54) is 0 Å². The van der Waals surface area contributed by atoms with Crippen LogP contribution in [-0.2, 0) is 11.8 Å². The molecule has 0 saturated carbocycles. The third-order valence-electron chi connectivity index (χ3n) is 2.26. The average molecular weight is 167 g/mol. The molecule has 0 aromatic carbocycles. The molecular formula is C9H13NO2. The van der Waals surface area contributed by atoms with Crippen molar-refractivity contribution in [3.05, 3.63) is 23.5 Å². The maximum absolute atomic E-state index is 10.7. The molecule has 0 amide bonds. The highest BCUT2D eigenvalue weighted by molar-refractivity contribution is 5.75. The van der Waals surface area contributed by atoms with Gasteiger partial charge in [0.05, 0.1) is 5.92 Å². The van der Waals surface area contributed by atoms with Crippen LogP contribution in [0.5, 0.6) is 0 Å². The van der Waals surface area contributed by atoms with Gasteiger partial charge in [-0.2, -0.15) is 0 Å². The number of hydrogen-bond acceptors (Lipinski definition) is 1. The first-order chi connectivity index (χ1) is 5.54. The van der Waals surface area contributed by atoms with Crippen molar-refractivity contribution in [1.82, 2.24) is 4.57 Å². The van der Waals surface area contributed by atoms with E-state index in [9.17, 15) is 4.79 Å². The number of hydrogen-bond donors (Lipinski definition) is 1. The number of carboxylic acid groups (broad SMARTS) is 1. The Kier molecular flexibility index (Phi) is 2.22. The average Bonchev–Trinajstić information content (AvgIpc) is 2.32. The third kappa shape index (κ3) is 1.35. The maximum Gasteiger partial charge on any atom is 0.310 e. The first-order valence-corrected chi connectivity index (χ1v) is 3.88. The van der Waals surface area contributed by atoms with E-state index in [-0.39, 0.29) is 0 Å². The van der Waals surface area contributed by atoms with Gasteiger partial charge in [-0.05, 0) is 25.5 Å². The van der Waals surface area contributed by atoms with E-state index in [2.05, 4.69) is 0 Å². The van der Waals surface area contributed by atoms with E-state index in [0.717, 1.165) is 11.3 Å². The molecule has 0 aliphatic rings. The molecule has 1 aromatic heterocycles. The summed E-state index contributed by atoms with van der Waals surface area (Å²) in [6, 6.07) is 1.86. The van der Waals surface area contributed by atoms with Crippen molar-refractivity contribution in [3.63, 3.8) is 0 Å². The minimum atomic E-state index is -0.774. The Balaban J connectivity index is 3.03. The highest BCUT2D eigenvalue weighted by atomic mass is 16.4. The summed E-state index contributed by atoms with van der Waals surface area (Å²) in [5.41, 5.74) is 1.91. The molecule has 1 atom stereocenters. The highest BCUT2D eigenvalue weighted by Gasteiger charge is 2.16. The molecule has 12 heavy (non-hydrogen) atoms. The van der Waals surface area contributed by atoms with E-state index >= 15 is 0 Å². The quantitative estimate of drug-likeness (QED) is 0.725. The van der Waals surface area contributed by atoms with Gasteiger partial charge in [-0.25, -0.2) is 0 Å². The molecule has 1 unspecified atom stereocenters. The highest BCUT2D eigenvalue weighted by Crippen LogP contribution is 2.19. The first kappa shape index (κ1) is 8.84. The fourth-order valence-corrected chi connectivity index (χ4v) is 1.22. The second-order valence-electron chi connectivity index (χ2n) is 3.03. The Morgan fingerprint density at radius 2 is 2.25 bits per heavy atom. The van der Waals surface area contributed by atoms with Gasteiger partial charge in [-0.1, -0.05) is 0 Å². The molecule has 1 N–H and O–H groups in total. The minimum Gasteiger partial charge on any atom is -0.481 e. The predicted octanol–water partition coefficient (Wildman–Crippen LogP) is 1.52. The van der Waals surface area contributed by atoms with Gasteiger partial charge in [0, 0.05) is 18.9 Å². The van der Waals surface area contributed by atoms with Crippen LogP contribution in [0.2, 0.25) is 0 Å². The molecule has 0 fully saturated rings. The number of aliphatic carboxylic acids is 1. The normalized spacial score (nSPS) is 12.9. The summed E-state index contributed by atoms with van der Waals surface area (Å²) in [4.78, 5) is 10.7. The Bertz CT molecular complexity index is 301. The molecule has 1 heterocycles. The maximum atomic E-state index is 10.7. The standard InChI is InChI=1S/C9H13NO2/c1-6(9(11)12)8-4-5-10(3)7(8)2/h4-6H,1-3H3,(H,11,12). The number of nitrogens with zero attached hydrogens (tertiary/aromatic N) is 1. The van der Waals surface area contributed by atoms with Gasteiger partial charge in [-0.3, -0.25) is 4.79 Å². The van der Waals surface area contributed by atoms with Gasteiger partial charge >= 0.3 is 5.97 Å². The number of rotatable bonds is 2. The van der Waals surface area contributed by atoms with E-state index in [4.69, 9.17) is 5.11 Å². The lowest BCUT2D eigenvalue weighted by molar-refractivity contribution is -0.138. The molecule has 0 saturated heterocycles. The van der Waals surface area contributed by atoms with Gasteiger partial charge < -0.3 is 9.67 Å². The zero-order chi connectivity index (χ0) is 9.30. The Morgan fingerprint density at radius 1 is 1.67 bits per heavy atom.